The maximum atomic E-state index is 6.77. The third-order valence-electron chi connectivity index (χ3n) is 6.40. The molecule has 0 amide bonds. The zero-order valence-corrected chi connectivity index (χ0v) is 21.7. The van der Waals surface area contributed by atoms with Crippen LogP contribution in [0.1, 0.15) is 24.1 Å². The highest BCUT2D eigenvalue weighted by atomic mass is 35.5. The van der Waals surface area contributed by atoms with Crippen molar-refractivity contribution in [3.8, 4) is 22.9 Å². The van der Waals surface area contributed by atoms with Gasteiger partial charge in [-0.3, -0.25) is 4.90 Å². The monoisotopic (exact) mass is 524 g/mol. The molecule has 1 saturated heterocycles. The van der Waals surface area contributed by atoms with E-state index in [0.717, 1.165) is 60.9 Å². The van der Waals surface area contributed by atoms with Gasteiger partial charge in [0, 0.05) is 53.7 Å². The van der Waals surface area contributed by atoms with Crippen LogP contribution in [0.3, 0.4) is 0 Å². The van der Waals surface area contributed by atoms with Crippen LogP contribution >= 0.6 is 11.6 Å². The molecule has 1 atom stereocenters. The Kier molecular flexibility index (Phi) is 7.63. The molecule has 0 bridgehead atoms. The van der Waals surface area contributed by atoms with Crippen LogP contribution in [0.5, 0.6) is 11.8 Å². The van der Waals surface area contributed by atoms with Gasteiger partial charge in [-0.2, -0.15) is 0 Å². The first-order chi connectivity index (χ1) is 18.0. The van der Waals surface area contributed by atoms with Crippen molar-refractivity contribution < 1.29 is 14.2 Å². The lowest BCUT2D eigenvalue weighted by Crippen LogP contribution is -2.38. The van der Waals surface area contributed by atoms with Crippen LogP contribution in [0.25, 0.3) is 22.3 Å². The number of rotatable bonds is 9. The molecule has 1 fully saturated rings. The van der Waals surface area contributed by atoms with Crippen molar-refractivity contribution in [2.24, 2.45) is 0 Å². The minimum Gasteiger partial charge on any atom is -0.491 e. The normalized spacial score (nSPS) is 15.0. The van der Waals surface area contributed by atoms with Crippen molar-refractivity contribution in [1.82, 2.24) is 34.8 Å². The Balaban J connectivity index is 1.52. The van der Waals surface area contributed by atoms with Gasteiger partial charge in [-0.25, -0.2) is 24.9 Å². The summed E-state index contributed by atoms with van der Waals surface area (Å²) in [6, 6.07) is 2.01. The smallest absolute Gasteiger partial charge is 0.316 e. The second-order valence-electron chi connectivity index (χ2n) is 8.73. The number of hydrogen-bond acceptors (Lipinski definition) is 10. The molecule has 3 aromatic heterocycles. The van der Waals surface area contributed by atoms with E-state index in [1.54, 1.807) is 18.7 Å². The number of anilines is 1. The quantitative estimate of drug-likeness (QED) is 0.335. The van der Waals surface area contributed by atoms with Gasteiger partial charge in [0.25, 0.3) is 0 Å². The number of hydrogen-bond donors (Lipinski definition) is 2. The average Bonchev–Trinajstić information content (AvgIpc) is 3.41. The van der Waals surface area contributed by atoms with Crippen molar-refractivity contribution in [3.63, 3.8) is 0 Å². The summed E-state index contributed by atoms with van der Waals surface area (Å²) >= 11 is 6.77. The first kappa shape index (κ1) is 25.1. The van der Waals surface area contributed by atoms with Crippen molar-refractivity contribution in [1.29, 1.82) is 0 Å². The van der Waals surface area contributed by atoms with Gasteiger partial charge >= 0.3 is 6.01 Å². The molecule has 0 radical (unpaired) electrons. The zero-order chi connectivity index (χ0) is 25.8. The number of benzene rings is 1. The molecule has 4 aromatic rings. The fourth-order valence-corrected chi connectivity index (χ4v) is 4.59. The van der Waals surface area contributed by atoms with Gasteiger partial charge in [-0.15, -0.1) is 0 Å². The predicted octanol–water partition coefficient (Wildman–Crippen LogP) is 3.66. The Morgan fingerprint density at radius 1 is 1.16 bits per heavy atom. The SMILES string of the molecule is COc1ncc(-c2c(C)c(Cl)cc(C(C)Nc3ncnc4[nH]cnc34)c2OCCN2CCOCC2)cn1. The Bertz CT molecular complexity index is 1360. The van der Waals surface area contributed by atoms with Gasteiger partial charge in [0.1, 0.15) is 24.2 Å². The van der Waals surface area contributed by atoms with Crippen LogP contribution in [-0.4, -0.2) is 81.4 Å². The topological polar surface area (TPSA) is 123 Å². The highest BCUT2D eigenvalue weighted by Crippen LogP contribution is 2.43. The first-order valence-electron chi connectivity index (χ1n) is 12.1. The van der Waals surface area contributed by atoms with Crippen LogP contribution in [0.4, 0.5) is 5.82 Å². The molecule has 1 aromatic carbocycles. The summed E-state index contributed by atoms with van der Waals surface area (Å²) in [6.45, 7) is 8.54. The van der Waals surface area contributed by atoms with Crippen LogP contribution in [0, 0.1) is 6.92 Å². The number of aromatic nitrogens is 6. The second kappa shape index (κ2) is 11.2. The molecule has 1 aliphatic rings. The summed E-state index contributed by atoms with van der Waals surface area (Å²) in [4.78, 5) is 27.0. The van der Waals surface area contributed by atoms with E-state index in [0.29, 0.717) is 34.6 Å². The van der Waals surface area contributed by atoms with Crippen molar-refractivity contribution in [2.75, 3.05) is 51.9 Å². The lowest BCUT2D eigenvalue weighted by atomic mass is 9.95. The summed E-state index contributed by atoms with van der Waals surface area (Å²) in [5.41, 5.74) is 4.70. The molecule has 12 heteroatoms. The molecule has 2 N–H and O–H groups in total. The minimum atomic E-state index is -0.218. The Labute approximate surface area is 219 Å². The lowest BCUT2D eigenvalue weighted by Gasteiger charge is -2.28. The van der Waals surface area contributed by atoms with Gasteiger partial charge in [0.05, 0.1) is 32.7 Å². The summed E-state index contributed by atoms with van der Waals surface area (Å²) < 4.78 is 17.2. The maximum Gasteiger partial charge on any atom is 0.316 e. The summed E-state index contributed by atoms with van der Waals surface area (Å²) in [5.74, 6) is 1.33. The van der Waals surface area contributed by atoms with E-state index in [2.05, 4.69) is 40.1 Å². The summed E-state index contributed by atoms with van der Waals surface area (Å²) in [7, 11) is 1.54. The van der Waals surface area contributed by atoms with Crippen molar-refractivity contribution in [2.45, 2.75) is 19.9 Å². The van der Waals surface area contributed by atoms with Crippen molar-refractivity contribution in [3.05, 3.63) is 47.3 Å². The summed E-state index contributed by atoms with van der Waals surface area (Å²) in [6.07, 6.45) is 6.54. The molecule has 0 saturated carbocycles. The molecule has 0 aliphatic carbocycles. The molecule has 0 spiro atoms. The Morgan fingerprint density at radius 3 is 2.70 bits per heavy atom. The second-order valence-corrected chi connectivity index (χ2v) is 9.13. The maximum absolute atomic E-state index is 6.77. The van der Waals surface area contributed by atoms with Gasteiger partial charge in [-0.1, -0.05) is 11.6 Å². The number of H-pyrrole nitrogens is 1. The Morgan fingerprint density at radius 2 is 1.95 bits per heavy atom. The fourth-order valence-electron chi connectivity index (χ4n) is 4.37. The highest BCUT2D eigenvalue weighted by molar-refractivity contribution is 6.32. The van der Waals surface area contributed by atoms with Crippen LogP contribution in [-0.2, 0) is 4.74 Å². The largest absolute Gasteiger partial charge is 0.491 e. The molecule has 1 unspecified atom stereocenters. The number of fused-ring (bicyclic) bond motifs is 1. The van der Waals surface area contributed by atoms with Crippen LogP contribution in [0.15, 0.2) is 31.1 Å². The first-order valence-corrected chi connectivity index (χ1v) is 12.5. The van der Waals surface area contributed by atoms with E-state index < -0.39 is 0 Å². The lowest BCUT2D eigenvalue weighted by molar-refractivity contribution is 0.0322. The number of ether oxygens (including phenoxy) is 3. The summed E-state index contributed by atoms with van der Waals surface area (Å²) in [5, 5.41) is 4.07. The molecule has 194 valence electrons. The van der Waals surface area contributed by atoms with Gasteiger partial charge in [0.15, 0.2) is 11.5 Å². The zero-order valence-electron chi connectivity index (χ0n) is 21.0. The van der Waals surface area contributed by atoms with Crippen LogP contribution in [0.2, 0.25) is 5.02 Å². The number of methoxy groups -OCH3 is 1. The standard InChI is InChI=1S/C25H29ClN8O3/c1-15-19(26)10-18(16(2)33-24-21-23(30-13-29-21)31-14-32-24)22(37-9-6-34-4-7-36-8-5-34)20(15)17-11-27-25(35-3)28-12-17/h10-14,16H,4-9H2,1-3H3,(H2,29,30,31,32,33). The number of nitrogens with zero attached hydrogens (tertiary/aromatic N) is 6. The van der Waals surface area contributed by atoms with E-state index in [-0.39, 0.29) is 6.04 Å². The molecule has 11 nitrogen and oxygen atoms in total. The molecule has 5 rings (SSSR count). The number of nitrogens with one attached hydrogen (secondary N) is 2. The molecular formula is C25H29ClN8O3. The van der Waals surface area contributed by atoms with E-state index in [1.807, 2.05) is 19.9 Å². The number of imidazole rings is 1. The number of aromatic amines is 1. The van der Waals surface area contributed by atoms with Crippen molar-refractivity contribution >= 4 is 28.6 Å². The molecule has 37 heavy (non-hydrogen) atoms. The minimum absolute atomic E-state index is 0.218. The van der Waals surface area contributed by atoms with Gasteiger partial charge in [-0.05, 0) is 25.5 Å². The molecule has 4 heterocycles. The van der Waals surface area contributed by atoms with Gasteiger partial charge < -0.3 is 24.5 Å². The third-order valence-corrected chi connectivity index (χ3v) is 6.79. The number of morpholine rings is 1. The molecular weight excluding hydrogens is 496 g/mol. The Hall–Kier alpha value is -3.54. The predicted molar refractivity (Wildman–Crippen MR) is 140 cm³/mol. The van der Waals surface area contributed by atoms with Crippen LogP contribution < -0.4 is 14.8 Å². The highest BCUT2D eigenvalue weighted by Gasteiger charge is 2.23. The van der Waals surface area contributed by atoms with Gasteiger partial charge in [0.2, 0.25) is 0 Å². The van der Waals surface area contributed by atoms with E-state index in [1.165, 1.54) is 13.4 Å². The van der Waals surface area contributed by atoms with E-state index >= 15 is 0 Å². The van der Waals surface area contributed by atoms with E-state index in [9.17, 15) is 0 Å². The average molecular weight is 525 g/mol. The third kappa shape index (κ3) is 5.43. The molecule has 1 aliphatic heterocycles. The number of halogens is 1. The fraction of sp³-hybridized carbons (Fsp3) is 0.400. The van der Waals surface area contributed by atoms with E-state index in [4.69, 9.17) is 25.8 Å².